The summed E-state index contributed by atoms with van der Waals surface area (Å²) in [4.78, 5) is 22.4. The molecule has 0 aromatic heterocycles. The predicted molar refractivity (Wildman–Crippen MR) is 66.1 cm³/mol. The number of alkyl carbamates (subject to hydrolysis) is 1. The summed E-state index contributed by atoms with van der Waals surface area (Å²) in [6, 6.07) is 7.85. The minimum atomic E-state index is -1.03. The van der Waals surface area contributed by atoms with Crippen molar-refractivity contribution in [1.29, 1.82) is 0 Å². The first kappa shape index (κ1) is 13.3. The molecule has 1 saturated heterocycles. The van der Waals surface area contributed by atoms with Crippen LogP contribution < -0.4 is 16.2 Å². The van der Waals surface area contributed by atoms with Gasteiger partial charge in [-0.05, 0) is 5.56 Å². The monoisotopic (exact) mass is 265 g/mol. The third-order valence-corrected chi connectivity index (χ3v) is 2.76. The van der Waals surface area contributed by atoms with Gasteiger partial charge in [0.2, 0.25) is 0 Å². The van der Waals surface area contributed by atoms with Gasteiger partial charge in [-0.2, -0.15) is 0 Å². The van der Waals surface area contributed by atoms with Gasteiger partial charge in [0.15, 0.2) is 0 Å². The van der Waals surface area contributed by atoms with Crippen LogP contribution in [0.1, 0.15) is 5.56 Å². The van der Waals surface area contributed by atoms with Crippen molar-refractivity contribution in [1.82, 2.24) is 16.2 Å². The van der Waals surface area contributed by atoms with E-state index in [0.717, 1.165) is 5.56 Å². The number of hydrogen-bond donors (Lipinski definition) is 4. The highest BCUT2D eigenvalue weighted by Crippen LogP contribution is 2.03. The van der Waals surface area contributed by atoms with Gasteiger partial charge in [-0.1, -0.05) is 30.3 Å². The highest BCUT2D eigenvalue weighted by atomic mass is 16.5. The molecule has 1 aromatic rings. The molecule has 7 heteroatoms. The van der Waals surface area contributed by atoms with E-state index in [2.05, 4.69) is 16.2 Å². The van der Waals surface area contributed by atoms with Crippen LogP contribution in [0, 0.1) is 0 Å². The van der Waals surface area contributed by atoms with Gasteiger partial charge in [-0.3, -0.25) is 10.2 Å². The van der Waals surface area contributed by atoms with E-state index in [1.165, 1.54) is 0 Å². The molecule has 2 atom stereocenters. The third-order valence-electron chi connectivity index (χ3n) is 2.76. The minimum Gasteiger partial charge on any atom is -0.480 e. The molecule has 0 radical (unpaired) electrons. The summed E-state index contributed by atoms with van der Waals surface area (Å²) in [6.45, 7) is 0.482. The Morgan fingerprint density at radius 1 is 1.37 bits per heavy atom. The molecule has 19 heavy (non-hydrogen) atoms. The van der Waals surface area contributed by atoms with E-state index in [0.29, 0.717) is 6.54 Å². The molecule has 1 aromatic carbocycles. The van der Waals surface area contributed by atoms with E-state index < -0.39 is 24.1 Å². The van der Waals surface area contributed by atoms with Gasteiger partial charge in [0, 0.05) is 6.54 Å². The molecule has 7 nitrogen and oxygen atoms in total. The van der Waals surface area contributed by atoms with Crippen LogP contribution in [-0.4, -0.2) is 35.8 Å². The first-order valence-electron chi connectivity index (χ1n) is 5.85. The molecule has 1 fully saturated rings. The molecule has 0 spiro atoms. The standard InChI is InChI=1S/C12H15N3O4/c16-11(17)10-9(6-13-15-10)14-12(18)19-7-8-4-2-1-3-5-8/h1-5,9-10,13,15H,6-7H2,(H,14,18)(H,16,17). The van der Waals surface area contributed by atoms with Gasteiger partial charge in [0.25, 0.3) is 0 Å². The predicted octanol–water partition coefficient (Wildman–Crippen LogP) is -0.158. The van der Waals surface area contributed by atoms with Crippen LogP contribution in [0.5, 0.6) is 0 Å². The normalized spacial score (nSPS) is 21.9. The zero-order valence-electron chi connectivity index (χ0n) is 10.1. The molecular formula is C12H15N3O4. The number of hydrazine groups is 1. The van der Waals surface area contributed by atoms with Crippen molar-refractivity contribution in [3.05, 3.63) is 35.9 Å². The van der Waals surface area contributed by atoms with Crippen molar-refractivity contribution in [2.45, 2.75) is 18.7 Å². The van der Waals surface area contributed by atoms with Crippen molar-refractivity contribution in [2.75, 3.05) is 6.54 Å². The third kappa shape index (κ3) is 3.67. The Morgan fingerprint density at radius 2 is 2.11 bits per heavy atom. The van der Waals surface area contributed by atoms with Crippen molar-refractivity contribution in [3.8, 4) is 0 Å². The quantitative estimate of drug-likeness (QED) is 0.604. The fourth-order valence-corrected chi connectivity index (χ4v) is 1.78. The second kappa shape index (κ2) is 6.17. The number of amides is 1. The highest BCUT2D eigenvalue weighted by molar-refractivity contribution is 5.76. The number of carbonyl (C=O) groups excluding carboxylic acids is 1. The molecule has 0 aliphatic carbocycles. The number of carboxylic acid groups (broad SMARTS) is 1. The molecule has 1 heterocycles. The second-order valence-corrected chi connectivity index (χ2v) is 4.15. The maximum Gasteiger partial charge on any atom is 0.407 e. The first-order chi connectivity index (χ1) is 9.16. The summed E-state index contributed by atoms with van der Waals surface area (Å²) in [7, 11) is 0. The lowest BCUT2D eigenvalue weighted by Crippen LogP contribution is -2.49. The summed E-state index contributed by atoms with van der Waals surface area (Å²) < 4.78 is 5.02. The molecule has 0 bridgehead atoms. The van der Waals surface area contributed by atoms with Gasteiger partial charge < -0.3 is 15.2 Å². The minimum absolute atomic E-state index is 0.151. The Bertz CT molecular complexity index is 452. The summed E-state index contributed by atoms with van der Waals surface area (Å²) in [6.07, 6.45) is -0.634. The summed E-state index contributed by atoms with van der Waals surface area (Å²) in [5.41, 5.74) is 6.12. The zero-order valence-corrected chi connectivity index (χ0v) is 10.1. The van der Waals surface area contributed by atoms with Gasteiger partial charge in [0.1, 0.15) is 12.6 Å². The van der Waals surface area contributed by atoms with Crippen molar-refractivity contribution in [3.63, 3.8) is 0 Å². The number of hydrogen-bond acceptors (Lipinski definition) is 5. The van der Waals surface area contributed by atoms with E-state index in [-0.39, 0.29) is 6.61 Å². The van der Waals surface area contributed by atoms with E-state index in [1.54, 1.807) is 0 Å². The summed E-state index contributed by atoms with van der Waals surface area (Å²) in [5.74, 6) is -1.03. The highest BCUT2D eigenvalue weighted by Gasteiger charge is 2.34. The lowest BCUT2D eigenvalue weighted by atomic mass is 10.1. The molecule has 102 valence electrons. The fraction of sp³-hybridized carbons (Fsp3) is 0.333. The topological polar surface area (TPSA) is 99.7 Å². The van der Waals surface area contributed by atoms with Crippen LogP contribution in [0.15, 0.2) is 30.3 Å². The van der Waals surface area contributed by atoms with Gasteiger partial charge in [-0.25, -0.2) is 10.2 Å². The Labute approximate surface area is 109 Å². The van der Waals surface area contributed by atoms with Crippen molar-refractivity contribution in [2.24, 2.45) is 0 Å². The van der Waals surface area contributed by atoms with E-state index in [1.807, 2.05) is 30.3 Å². The average molecular weight is 265 g/mol. The maximum absolute atomic E-state index is 11.6. The number of carboxylic acids is 1. The fourth-order valence-electron chi connectivity index (χ4n) is 1.78. The molecule has 2 unspecified atom stereocenters. The molecule has 0 saturated carbocycles. The van der Waals surface area contributed by atoms with Gasteiger partial charge in [-0.15, -0.1) is 0 Å². The van der Waals surface area contributed by atoms with Gasteiger partial charge in [0.05, 0.1) is 6.04 Å². The number of benzene rings is 1. The number of rotatable bonds is 4. The average Bonchev–Trinajstić information content (AvgIpc) is 2.86. The largest absolute Gasteiger partial charge is 0.480 e. The van der Waals surface area contributed by atoms with Crippen molar-refractivity contribution < 1.29 is 19.4 Å². The number of carbonyl (C=O) groups is 2. The number of nitrogens with one attached hydrogen (secondary N) is 3. The van der Waals surface area contributed by atoms with Crippen LogP contribution in [0.3, 0.4) is 0 Å². The Morgan fingerprint density at radius 3 is 2.79 bits per heavy atom. The van der Waals surface area contributed by atoms with Crippen LogP contribution in [0.25, 0.3) is 0 Å². The van der Waals surface area contributed by atoms with Gasteiger partial charge >= 0.3 is 12.1 Å². The number of aliphatic carboxylic acids is 1. The van der Waals surface area contributed by atoms with Crippen LogP contribution in [-0.2, 0) is 16.1 Å². The van der Waals surface area contributed by atoms with Crippen molar-refractivity contribution >= 4 is 12.1 Å². The lowest BCUT2D eigenvalue weighted by Gasteiger charge is -2.15. The molecule has 1 aliphatic heterocycles. The first-order valence-corrected chi connectivity index (χ1v) is 5.85. The Hall–Kier alpha value is -2.12. The number of ether oxygens (including phenoxy) is 1. The summed E-state index contributed by atoms with van der Waals surface area (Å²) >= 11 is 0. The molecule has 1 amide bonds. The SMILES string of the molecule is O=C(NC1CNNC1C(=O)O)OCc1ccccc1. The maximum atomic E-state index is 11.6. The zero-order chi connectivity index (χ0) is 13.7. The van der Waals surface area contributed by atoms with E-state index >= 15 is 0 Å². The smallest absolute Gasteiger partial charge is 0.407 e. The molecule has 2 rings (SSSR count). The van der Waals surface area contributed by atoms with E-state index in [9.17, 15) is 9.59 Å². The summed E-state index contributed by atoms with van der Waals surface area (Å²) in [5, 5.41) is 11.4. The lowest BCUT2D eigenvalue weighted by molar-refractivity contribution is -0.139. The van der Waals surface area contributed by atoms with E-state index in [4.69, 9.17) is 9.84 Å². The second-order valence-electron chi connectivity index (χ2n) is 4.15. The molecule has 1 aliphatic rings. The Kier molecular flexibility index (Phi) is 4.32. The van der Waals surface area contributed by atoms with Crippen LogP contribution >= 0.6 is 0 Å². The Balaban J connectivity index is 1.80. The molecular weight excluding hydrogens is 250 g/mol. The molecule has 4 N–H and O–H groups in total. The van der Waals surface area contributed by atoms with Crippen LogP contribution in [0.4, 0.5) is 4.79 Å². The van der Waals surface area contributed by atoms with Crippen LogP contribution in [0.2, 0.25) is 0 Å².